The van der Waals surface area contributed by atoms with Crippen LogP contribution in [0, 0.1) is 0 Å². The molecule has 0 aromatic rings. The topological polar surface area (TPSA) is 74.1 Å². The molecule has 0 atom stereocenters. The van der Waals surface area contributed by atoms with Crippen LogP contribution in [0.3, 0.4) is 0 Å². The monoisotopic (exact) mass is 208 g/mol. The summed E-state index contributed by atoms with van der Waals surface area (Å²) in [5, 5.41) is 0. The molecule has 4 N–H and O–H groups in total. The predicted molar refractivity (Wildman–Crippen MR) is 57.7 cm³/mol. The van der Waals surface area contributed by atoms with Crippen LogP contribution in [0.25, 0.3) is 0 Å². The van der Waals surface area contributed by atoms with Crippen molar-refractivity contribution >= 4 is 7.51 Å². The van der Waals surface area contributed by atoms with Crippen LogP contribution >= 0.6 is 7.51 Å². The molecule has 0 aliphatic rings. The Bertz CT molecular complexity index is 189. The summed E-state index contributed by atoms with van der Waals surface area (Å²) in [6.45, 7) is 0.435. The third kappa shape index (κ3) is 2.28. The molecule has 0 saturated heterocycles. The Balaban J connectivity index is 5.14. The van der Waals surface area contributed by atoms with Gasteiger partial charge >= 0.3 is 0 Å². The van der Waals surface area contributed by atoms with Crippen LogP contribution in [0.4, 0.5) is 0 Å². The molecule has 0 unspecified atom stereocenters. The zero-order valence-corrected chi connectivity index (χ0v) is 9.99. The Hall–Kier alpha value is 0.0300. The molecule has 0 heterocycles. The molecule has 0 amide bonds. The summed E-state index contributed by atoms with van der Waals surface area (Å²) in [5.41, 5.74) is 5.59. The largest absolute Gasteiger partial charge is 0.318 e. The third-order valence-corrected chi connectivity index (χ3v) is 5.49. The van der Waals surface area contributed by atoms with Gasteiger partial charge in [-0.05, 0) is 35.2 Å². The highest BCUT2D eigenvalue weighted by Crippen LogP contribution is 2.53. The smallest absolute Gasteiger partial charge is 0.184 e. The van der Waals surface area contributed by atoms with Gasteiger partial charge in [-0.15, -0.1) is 0 Å². The first-order chi connectivity index (χ1) is 5.93. The van der Waals surface area contributed by atoms with Crippen molar-refractivity contribution in [1.29, 1.82) is 0 Å². The highest BCUT2D eigenvalue weighted by molar-refractivity contribution is 7.58. The van der Waals surface area contributed by atoms with E-state index in [9.17, 15) is 0 Å². The molecule has 6 nitrogen and oxygen atoms in total. The van der Waals surface area contributed by atoms with E-state index in [0.717, 1.165) is 0 Å². The van der Waals surface area contributed by atoms with Crippen molar-refractivity contribution < 1.29 is 0 Å². The van der Waals surface area contributed by atoms with Gasteiger partial charge in [0.25, 0.3) is 0 Å². The van der Waals surface area contributed by atoms with Gasteiger partial charge in [0.2, 0.25) is 0 Å². The zero-order valence-electron chi connectivity index (χ0n) is 9.10. The second kappa shape index (κ2) is 5.05. The number of nitrogens with two attached hydrogens (primary N) is 2. The Morgan fingerprint density at radius 3 is 1.54 bits per heavy atom. The Morgan fingerprint density at radius 1 is 1.08 bits per heavy atom. The maximum atomic E-state index is 5.59. The summed E-state index contributed by atoms with van der Waals surface area (Å²) in [6, 6.07) is 0. The van der Waals surface area contributed by atoms with Crippen LogP contribution in [0.2, 0.25) is 0 Å². The molecule has 0 radical (unpaired) electrons. The van der Waals surface area contributed by atoms with E-state index < -0.39 is 7.51 Å². The van der Waals surface area contributed by atoms with Crippen LogP contribution in [-0.2, 0) is 0 Å². The van der Waals surface area contributed by atoms with Crippen LogP contribution in [0.15, 0.2) is 4.85 Å². The molecule has 0 aliphatic heterocycles. The predicted octanol–water partition coefficient (Wildman–Crippen LogP) is -0.222. The van der Waals surface area contributed by atoms with Gasteiger partial charge in [0.05, 0.1) is 6.67 Å². The fraction of sp³-hybridized carbons (Fsp3) is 1.00. The standard InChI is InChI=1S/C6H21N6P/c1-10(2)13(9-8,11(3)4)12(5)6-7/h6-8H2,1-5H3. The highest BCUT2D eigenvalue weighted by Gasteiger charge is 2.29. The highest BCUT2D eigenvalue weighted by atomic mass is 31.2. The van der Waals surface area contributed by atoms with Crippen LogP contribution < -0.4 is 11.6 Å². The van der Waals surface area contributed by atoms with Crippen molar-refractivity contribution in [3.63, 3.8) is 0 Å². The van der Waals surface area contributed by atoms with Gasteiger partial charge in [0, 0.05) is 0 Å². The minimum Gasteiger partial charge on any atom is -0.318 e. The fourth-order valence-electron chi connectivity index (χ4n) is 1.37. The van der Waals surface area contributed by atoms with Gasteiger partial charge in [-0.1, -0.05) is 0 Å². The average molecular weight is 208 g/mol. The van der Waals surface area contributed by atoms with Gasteiger partial charge in [0.1, 0.15) is 0 Å². The Kier molecular flexibility index (Phi) is 5.06. The van der Waals surface area contributed by atoms with E-state index in [1.807, 2.05) is 49.2 Å². The summed E-state index contributed by atoms with van der Waals surface area (Å²) in [6.07, 6.45) is 0. The van der Waals surface area contributed by atoms with Crippen molar-refractivity contribution in [1.82, 2.24) is 14.0 Å². The van der Waals surface area contributed by atoms with Gasteiger partial charge in [-0.2, -0.15) is 4.85 Å². The molecule has 13 heavy (non-hydrogen) atoms. The van der Waals surface area contributed by atoms with Gasteiger partial charge in [-0.25, -0.2) is 10.5 Å². The Morgan fingerprint density at radius 2 is 1.46 bits per heavy atom. The summed E-state index contributed by atoms with van der Waals surface area (Å²) < 4.78 is 5.99. The second-order valence-electron chi connectivity index (χ2n) is 3.19. The molecule has 7 heteroatoms. The van der Waals surface area contributed by atoms with E-state index in [2.05, 4.69) is 4.85 Å². The van der Waals surface area contributed by atoms with Crippen molar-refractivity contribution in [2.75, 3.05) is 41.9 Å². The van der Waals surface area contributed by atoms with Crippen molar-refractivity contribution in [3.05, 3.63) is 0 Å². The van der Waals surface area contributed by atoms with E-state index in [-0.39, 0.29) is 0 Å². The maximum absolute atomic E-state index is 5.59. The molecule has 0 aromatic carbocycles. The molecular formula is C6H21N6P. The minimum absolute atomic E-state index is 0.435. The minimum atomic E-state index is -1.93. The summed E-state index contributed by atoms with van der Waals surface area (Å²) >= 11 is 0. The summed E-state index contributed by atoms with van der Waals surface area (Å²) in [4.78, 5) is 4.00. The fourth-order valence-corrected chi connectivity index (χ4v) is 4.12. The lowest BCUT2D eigenvalue weighted by Crippen LogP contribution is -2.36. The number of hydrogen-bond acceptors (Lipinski definition) is 2. The molecule has 80 valence electrons. The van der Waals surface area contributed by atoms with E-state index in [1.165, 1.54) is 0 Å². The SMILES string of the molecule is CN(C)P(=NN)(N(C)C)N(C)CN. The molecule has 0 spiro atoms. The maximum Gasteiger partial charge on any atom is 0.184 e. The first kappa shape index (κ1) is 13.0. The van der Waals surface area contributed by atoms with E-state index in [0.29, 0.717) is 6.67 Å². The normalized spacial score (nSPS) is 13.1. The number of rotatable bonds is 4. The molecular weight excluding hydrogens is 187 g/mol. The number of hydrogen-bond donors (Lipinski definition) is 2. The van der Waals surface area contributed by atoms with Crippen LogP contribution in [-0.4, -0.2) is 55.9 Å². The first-order valence-corrected chi connectivity index (χ1v) is 5.62. The molecule has 0 bridgehead atoms. The van der Waals surface area contributed by atoms with Crippen molar-refractivity contribution in [2.45, 2.75) is 0 Å². The second-order valence-corrected chi connectivity index (χ2v) is 6.77. The number of nitrogens with zero attached hydrogens (tertiary/aromatic N) is 4. The van der Waals surface area contributed by atoms with E-state index in [4.69, 9.17) is 11.6 Å². The van der Waals surface area contributed by atoms with Crippen LogP contribution in [0.1, 0.15) is 0 Å². The lowest BCUT2D eigenvalue weighted by atomic mass is 11.1. The van der Waals surface area contributed by atoms with E-state index in [1.54, 1.807) is 0 Å². The van der Waals surface area contributed by atoms with E-state index >= 15 is 0 Å². The molecule has 0 rings (SSSR count). The molecule has 0 aliphatic carbocycles. The Labute approximate surface area is 80.7 Å². The van der Waals surface area contributed by atoms with Crippen LogP contribution in [0.5, 0.6) is 0 Å². The summed E-state index contributed by atoms with van der Waals surface area (Å²) in [7, 11) is 7.81. The zero-order chi connectivity index (χ0) is 10.6. The molecule has 0 fully saturated rings. The van der Waals surface area contributed by atoms with Gasteiger partial charge in [0.15, 0.2) is 7.51 Å². The molecule has 0 saturated carbocycles. The first-order valence-electron chi connectivity index (χ1n) is 4.02. The quantitative estimate of drug-likeness (QED) is 0.289. The molecule has 0 aromatic heterocycles. The van der Waals surface area contributed by atoms with Crippen molar-refractivity contribution in [3.8, 4) is 0 Å². The lowest BCUT2D eigenvalue weighted by Gasteiger charge is -2.41. The average Bonchev–Trinajstić information content (AvgIpc) is 2.04. The third-order valence-electron chi connectivity index (χ3n) is 1.95. The van der Waals surface area contributed by atoms with Gasteiger partial charge in [-0.3, -0.25) is 9.34 Å². The summed E-state index contributed by atoms with van der Waals surface area (Å²) in [5.74, 6) is 5.48. The van der Waals surface area contributed by atoms with Gasteiger partial charge < -0.3 is 5.73 Å². The van der Waals surface area contributed by atoms with Crippen molar-refractivity contribution in [2.24, 2.45) is 16.4 Å². The lowest BCUT2D eigenvalue weighted by molar-refractivity contribution is 0.436.